The molecule has 0 bridgehead atoms. The Labute approximate surface area is 246 Å². The number of nitriles is 1. The quantitative estimate of drug-likeness (QED) is 0.283. The number of hydrogen-bond donors (Lipinski definition) is 0. The molecule has 3 aromatic rings. The van der Waals surface area contributed by atoms with E-state index in [0.29, 0.717) is 0 Å². The summed E-state index contributed by atoms with van der Waals surface area (Å²) >= 11 is 0. The van der Waals surface area contributed by atoms with E-state index in [-0.39, 0.29) is 44.5 Å². The van der Waals surface area contributed by atoms with Gasteiger partial charge in [-0.1, -0.05) is 0 Å². The summed E-state index contributed by atoms with van der Waals surface area (Å²) in [6.45, 7) is 13.6. The molecule has 3 aromatic heterocycles. The van der Waals surface area contributed by atoms with Crippen LogP contribution in [0.4, 0.5) is 0 Å². The van der Waals surface area contributed by atoms with Crippen LogP contribution in [-0.4, -0.2) is 44.6 Å². The van der Waals surface area contributed by atoms with E-state index in [1.54, 1.807) is 6.07 Å². The third kappa shape index (κ3) is 15.9. The van der Waals surface area contributed by atoms with Gasteiger partial charge in [0.05, 0.1) is 38.4 Å². The monoisotopic (exact) mass is 689 g/mol. The molecule has 20 heteroatoms. The Morgan fingerprint density at radius 2 is 0.816 bits per heavy atom. The van der Waals surface area contributed by atoms with Crippen molar-refractivity contribution in [1.29, 1.82) is 5.26 Å². The molecule has 3 heterocycles. The fourth-order valence-corrected chi connectivity index (χ4v) is 2.95. The van der Waals surface area contributed by atoms with Crippen LogP contribution >= 0.6 is 0 Å². The van der Waals surface area contributed by atoms with Crippen LogP contribution in [0.15, 0.2) is 18.2 Å². The van der Waals surface area contributed by atoms with Crippen molar-refractivity contribution in [2.24, 2.45) is 0 Å². The molecular formula is C18H25DyN10O9. The maximum absolute atomic E-state index is 8.25. The first kappa shape index (κ1) is 38.5. The Kier molecular flexibility index (Phi) is 19.4. The van der Waals surface area contributed by atoms with Gasteiger partial charge in [0.25, 0.3) is 0 Å². The molecule has 0 N–H and O–H groups in total. The van der Waals surface area contributed by atoms with Crippen molar-refractivity contribution in [2.75, 3.05) is 0 Å². The largest absolute Gasteiger partial charge is 3.00 e. The summed E-state index contributed by atoms with van der Waals surface area (Å²) in [6, 6.07) is 7.97. The fraction of sp³-hybridized carbons (Fsp3) is 0.444. The summed E-state index contributed by atoms with van der Waals surface area (Å²) in [6.07, 6.45) is -0.226. The van der Waals surface area contributed by atoms with E-state index in [2.05, 4.69) is 54.3 Å². The van der Waals surface area contributed by atoms with Gasteiger partial charge in [0.15, 0.2) is 0 Å². The second-order valence-electron chi connectivity index (χ2n) is 6.86. The molecule has 19 nitrogen and oxygen atoms in total. The molecule has 0 aromatic carbocycles. The Hall–Kier alpha value is -4.01. The van der Waals surface area contributed by atoms with Crippen LogP contribution in [0.25, 0.3) is 0 Å². The molecule has 0 aliphatic rings. The first-order valence-electron chi connectivity index (χ1n) is 9.82. The summed E-state index contributed by atoms with van der Waals surface area (Å²) < 4.78 is 5.94. The molecule has 1 radical (unpaired) electrons. The summed E-state index contributed by atoms with van der Waals surface area (Å²) in [5.74, 6) is 0. The van der Waals surface area contributed by atoms with Gasteiger partial charge in [0.1, 0.15) is 0 Å². The number of hydrogen-bond acceptors (Lipinski definition) is 13. The van der Waals surface area contributed by atoms with E-state index < -0.39 is 15.3 Å². The van der Waals surface area contributed by atoms with Gasteiger partial charge in [-0.2, -0.15) is 20.6 Å². The van der Waals surface area contributed by atoms with Gasteiger partial charge in [0, 0.05) is 24.0 Å². The summed E-state index contributed by atoms with van der Waals surface area (Å²) in [5, 5.41) is 65.5. The van der Waals surface area contributed by atoms with Crippen molar-refractivity contribution < 1.29 is 53.4 Å². The van der Waals surface area contributed by atoms with Crippen molar-refractivity contribution in [3.8, 4) is 6.07 Å². The minimum Gasteiger partial charge on any atom is -0.356 e. The molecule has 0 saturated carbocycles. The summed E-state index contributed by atoms with van der Waals surface area (Å²) in [4.78, 5) is 24.8. The van der Waals surface area contributed by atoms with E-state index in [1.165, 1.54) is 6.92 Å². The maximum Gasteiger partial charge on any atom is 3.00 e. The molecule has 0 aliphatic heterocycles. The van der Waals surface area contributed by atoms with Crippen LogP contribution in [0.3, 0.4) is 0 Å². The van der Waals surface area contributed by atoms with E-state index >= 15 is 0 Å². The molecule has 38 heavy (non-hydrogen) atoms. The molecule has 3 rings (SSSR count). The van der Waals surface area contributed by atoms with Crippen molar-refractivity contribution in [2.45, 2.75) is 54.8 Å². The van der Waals surface area contributed by atoms with Gasteiger partial charge in [-0.25, -0.2) is 14.0 Å². The zero-order valence-corrected chi connectivity index (χ0v) is 23.3. The topological polar surface area (TPSA) is 276 Å². The first-order valence-corrected chi connectivity index (χ1v) is 9.82. The molecule has 0 atom stereocenters. The van der Waals surface area contributed by atoms with Crippen LogP contribution in [0.2, 0.25) is 0 Å². The van der Waals surface area contributed by atoms with Gasteiger partial charge < -0.3 is 46.0 Å². The molecule has 0 unspecified atom stereocenters. The van der Waals surface area contributed by atoms with Crippen LogP contribution in [0, 0.1) is 137 Å². The van der Waals surface area contributed by atoms with Crippen molar-refractivity contribution in [1.82, 2.24) is 29.3 Å². The Balaban J connectivity index is -0.000000638. The zero-order chi connectivity index (χ0) is 29.5. The van der Waals surface area contributed by atoms with Crippen LogP contribution in [0.5, 0.6) is 0 Å². The van der Waals surface area contributed by atoms with Gasteiger partial charge in [-0.15, -0.1) is 0 Å². The zero-order valence-electron chi connectivity index (χ0n) is 21.3. The van der Waals surface area contributed by atoms with Crippen molar-refractivity contribution in [3.63, 3.8) is 0 Å². The van der Waals surface area contributed by atoms with E-state index in [0.717, 1.165) is 34.2 Å². The Morgan fingerprint density at radius 1 is 0.658 bits per heavy atom. The molecule has 211 valence electrons. The molecule has 0 spiro atoms. The molecule has 0 aliphatic carbocycles. The van der Waals surface area contributed by atoms with Gasteiger partial charge in [-0.05, 0) is 59.7 Å². The Bertz CT molecular complexity index is 1070. The fourth-order valence-electron chi connectivity index (χ4n) is 2.95. The average molecular weight is 688 g/mol. The summed E-state index contributed by atoms with van der Waals surface area (Å²) in [7, 11) is 0. The maximum atomic E-state index is 8.25. The first-order chi connectivity index (χ1) is 17.0. The normalized spacial score (nSPS) is 8.82. The number of nitrogens with zero attached hydrogens (tertiary/aromatic N) is 10. The number of aromatic nitrogens is 6. The third-order valence-corrected chi connectivity index (χ3v) is 3.79. The molecular weight excluding hydrogens is 663 g/mol. The standard InChI is InChI=1S/C16H22N6.C2H3N.Dy.3NO3/c1-10-7-13(4)20(17-10)16(21-14(5)8-11(2)18-21)22-15(6)9-12(3)19-22;1-2-3;;3*2-1(3)4/h7-9,16H,1-6H3;1H3;;;;/q;;+3;3*-1. The third-order valence-electron chi connectivity index (χ3n) is 3.79. The predicted octanol–water partition coefficient (Wildman–Crippen LogP) is 2.49. The van der Waals surface area contributed by atoms with Crippen LogP contribution < -0.4 is 0 Å². The predicted molar refractivity (Wildman–Crippen MR) is 127 cm³/mol. The minimum atomic E-state index is -1.75. The molecule has 0 fully saturated rings. The second-order valence-corrected chi connectivity index (χ2v) is 6.86. The molecule has 0 amide bonds. The summed E-state index contributed by atoms with van der Waals surface area (Å²) in [5.41, 5.74) is 6.23. The van der Waals surface area contributed by atoms with Crippen molar-refractivity contribution in [3.05, 3.63) is 98.3 Å². The Morgan fingerprint density at radius 3 is 0.921 bits per heavy atom. The van der Waals surface area contributed by atoms with E-state index in [9.17, 15) is 0 Å². The van der Waals surface area contributed by atoms with Crippen molar-refractivity contribution >= 4 is 0 Å². The van der Waals surface area contributed by atoms with Gasteiger partial charge in [0.2, 0.25) is 6.29 Å². The minimum absolute atomic E-state index is 0. The number of aryl methyl sites for hydroxylation is 6. The van der Waals surface area contributed by atoms with Gasteiger partial charge >= 0.3 is 38.2 Å². The van der Waals surface area contributed by atoms with Gasteiger partial charge in [-0.3, -0.25) is 0 Å². The SMILES string of the molecule is CC#N.Cc1cc(C)n(C(n2nc(C)cc2C)n2nc(C)cc2C)n1.O=[N+]([O-])[O-].O=[N+]([O-])[O-].O=[N+]([O-])[O-].[Dy+3]. The average Bonchev–Trinajstić information content (AvgIpc) is 3.32. The van der Waals surface area contributed by atoms with Crippen LogP contribution in [-0.2, 0) is 0 Å². The second kappa shape index (κ2) is 19.2. The van der Waals surface area contributed by atoms with Crippen LogP contribution in [0.1, 0.15) is 47.4 Å². The number of rotatable bonds is 3. The smallest absolute Gasteiger partial charge is 0.356 e. The van der Waals surface area contributed by atoms with E-state index in [4.69, 9.17) is 51.2 Å². The van der Waals surface area contributed by atoms with E-state index in [1.807, 2.05) is 34.8 Å². The molecule has 0 saturated heterocycles.